The van der Waals surface area contributed by atoms with Crippen LogP contribution in [0, 0.1) is 11.3 Å². The fourth-order valence-electron chi connectivity index (χ4n) is 4.03. The molecule has 1 aliphatic heterocycles. The van der Waals surface area contributed by atoms with Crippen LogP contribution in [0.2, 0.25) is 10.0 Å². The van der Waals surface area contributed by atoms with Gasteiger partial charge in [0.15, 0.2) is 0 Å². The number of nitriles is 1. The molecule has 3 aromatic carbocycles. The van der Waals surface area contributed by atoms with E-state index in [1.807, 2.05) is 42.5 Å². The summed E-state index contributed by atoms with van der Waals surface area (Å²) >= 11 is 13.7. The summed E-state index contributed by atoms with van der Waals surface area (Å²) in [7, 11) is 0. The maximum absolute atomic E-state index is 13.6. The lowest BCUT2D eigenvalue weighted by Crippen LogP contribution is -2.31. The minimum Gasteiger partial charge on any atom is -0.321 e. The van der Waals surface area contributed by atoms with Crippen LogP contribution in [-0.4, -0.2) is 17.1 Å². The molecular weight excluding hydrogens is 525 g/mol. The van der Waals surface area contributed by atoms with Gasteiger partial charge in [-0.1, -0.05) is 90.8 Å². The van der Waals surface area contributed by atoms with Gasteiger partial charge in [0.05, 0.1) is 15.3 Å². The van der Waals surface area contributed by atoms with Crippen LogP contribution >= 0.6 is 35.0 Å². The number of thioether (sulfide) groups is 1. The number of rotatable bonds is 8. The van der Waals surface area contributed by atoms with Crippen LogP contribution in [0.3, 0.4) is 0 Å². The van der Waals surface area contributed by atoms with Crippen molar-refractivity contribution in [2.75, 3.05) is 10.2 Å². The number of carbonyl (C=O) groups excluding carboxylic acids is 2. The molecular formula is C29H25Cl2N3O2S. The highest BCUT2D eigenvalue weighted by atomic mass is 35.5. The number of unbranched alkanes of at least 4 members (excludes halogenated alkanes) is 1. The maximum Gasteiger partial charge on any atom is 0.269 e. The van der Waals surface area contributed by atoms with Crippen molar-refractivity contribution >= 4 is 58.2 Å². The zero-order chi connectivity index (χ0) is 26.4. The van der Waals surface area contributed by atoms with Gasteiger partial charge in [-0.05, 0) is 60.7 Å². The van der Waals surface area contributed by atoms with Crippen LogP contribution in [-0.2, 0) is 22.4 Å². The molecule has 1 aliphatic rings. The van der Waals surface area contributed by atoms with Crippen molar-refractivity contribution in [1.29, 1.82) is 5.26 Å². The Morgan fingerprint density at radius 2 is 1.78 bits per heavy atom. The molecule has 1 N–H and O–H groups in total. The fraction of sp³-hybridized carbons (Fsp3) is 0.207. The van der Waals surface area contributed by atoms with Gasteiger partial charge in [-0.3, -0.25) is 14.5 Å². The number of nitrogens with zero attached hydrogens (tertiary/aromatic N) is 2. The highest BCUT2D eigenvalue weighted by Gasteiger charge is 2.41. The molecule has 8 heteroatoms. The first-order valence-electron chi connectivity index (χ1n) is 12.0. The van der Waals surface area contributed by atoms with Crippen LogP contribution in [0.1, 0.15) is 30.9 Å². The molecule has 37 heavy (non-hydrogen) atoms. The molecule has 1 saturated heterocycles. The van der Waals surface area contributed by atoms with Crippen molar-refractivity contribution in [2.45, 2.75) is 37.9 Å². The van der Waals surface area contributed by atoms with E-state index in [1.165, 1.54) is 22.2 Å². The van der Waals surface area contributed by atoms with Gasteiger partial charge in [-0.2, -0.15) is 5.26 Å². The fourth-order valence-corrected chi connectivity index (χ4v) is 5.73. The summed E-state index contributed by atoms with van der Waals surface area (Å²) in [6.45, 7) is 2.14. The van der Waals surface area contributed by atoms with Crippen LogP contribution in [0.15, 0.2) is 83.4 Å². The van der Waals surface area contributed by atoms with Crippen LogP contribution in [0.25, 0.3) is 0 Å². The molecule has 0 spiro atoms. The van der Waals surface area contributed by atoms with Crippen molar-refractivity contribution in [3.63, 3.8) is 0 Å². The van der Waals surface area contributed by atoms with Gasteiger partial charge in [0, 0.05) is 11.4 Å². The largest absolute Gasteiger partial charge is 0.321 e. The molecule has 2 amide bonds. The van der Waals surface area contributed by atoms with E-state index in [-0.39, 0.29) is 11.5 Å². The molecule has 0 aromatic heterocycles. The summed E-state index contributed by atoms with van der Waals surface area (Å²) in [5.41, 5.74) is 2.95. The van der Waals surface area contributed by atoms with E-state index in [2.05, 4.69) is 12.2 Å². The quantitative estimate of drug-likeness (QED) is 0.234. The molecule has 1 atom stereocenters. The number of amides is 2. The molecule has 0 unspecified atom stereocenters. The molecule has 0 radical (unpaired) electrons. The van der Waals surface area contributed by atoms with E-state index in [0.29, 0.717) is 32.9 Å². The second-order valence-electron chi connectivity index (χ2n) is 8.58. The van der Waals surface area contributed by atoms with E-state index in [4.69, 9.17) is 23.2 Å². The topological polar surface area (TPSA) is 73.2 Å². The summed E-state index contributed by atoms with van der Waals surface area (Å²) in [4.78, 5) is 28.3. The van der Waals surface area contributed by atoms with Crippen molar-refractivity contribution < 1.29 is 9.59 Å². The molecule has 5 nitrogen and oxygen atoms in total. The number of carbonyl (C=O) groups is 2. The first-order valence-corrected chi connectivity index (χ1v) is 13.6. The number of hydrogen-bond acceptors (Lipinski definition) is 4. The van der Waals surface area contributed by atoms with Gasteiger partial charge in [-0.25, -0.2) is 0 Å². The average Bonchev–Trinajstić information content (AvgIpc) is 3.22. The first-order chi connectivity index (χ1) is 17.9. The van der Waals surface area contributed by atoms with Crippen molar-refractivity contribution in [3.8, 4) is 6.07 Å². The molecule has 1 fully saturated rings. The standard InChI is InChI=1S/C29H25Cl2N3O2S/c1-2-3-8-19-13-15-21(16-14-19)33-27(35)23(18-32)29-34(22-10-5-4-6-11-22)28(36)25(37-29)17-20-9-7-12-24(30)26(20)31/h4-7,9-16,25H,2-3,8,17H2,1H3,(H,33,35)/b29-23+/t25-/m1/s1. The van der Waals surface area contributed by atoms with Crippen LogP contribution in [0.4, 0.5) is 11.4 Å². The number of nitrogens with one attached hydrogen (secondary N) is 1. The Balaban J connectivity index is 1.65. The zero-order valence-electron chi connectivity index (χ0n) is 20.2. The summed E-state index contributed by atoms with van der Waals surface area (Å²) < 4.78 is 0. The number of para-hydroxylation sites is 1. The Morgan fingerprint density at radius 1 is 1.05 bits per heavy atom. The van der Waals surface area contributed by atoms with Crippen LogP contribution in [0.5, 0.6) is 0 Å². The molecule has 188 valence electrons. The minimum atomic E-state index is -0.583. The Labute approximate surface area is 231 Å². The summed E-state index contributed by atoms with van der Waals surface area (Å²) in [6.07, 6.45) is 3.48. The second-order valence-corrected chi connectivity index (χ2v) is 10.6. The predicted molar refractivity (Wildman–Crippen MR) is 152 cm³/mol. The Kier molecular flexibility index (Phi) is 8.94. The SMILES string of the molecule is CCCCc1ccc(NC(=O)/C(C#N)=C2/S[C@H](Cc3cccc(Cl)c3Cl)C(=O)N2c2ccccc2)cc1. The van der Waals surface area contributed by atoms with Gasteiger partial charge in [0.1, 0.15) is 16.7 Å². The molecule has 1 heterocycles. The number of hydrogen-bond donors (Lipinski definition) is 1. The average molecular weight is 551 g/mol. The number of benzene rings is 3. The third-order valence-electron chi connectivity index (χ3n) is 5.99. The third-order valence-corrected chi connectivity index (χ3v) is 8.11. The number of halogens is 2. The van der Waals surface area contributed by atoms with E-state index < -0.39 is 11.2 Å². The highest BCUT2D eigenvalue weighted by Crippen LogP contribution is 2.43. The predicted octanol–water partition coefficient (Wildman–Crippen LogP) is 7.40. The normalized spacial score (nSPS) is 16.4. The van der Waals surface area contributed by atoms with Gasteiger partial charge in [-0.15, -0.1) is 0 Å². The molecule has 0 bridgehead atoms. The molecule has 0 aliphatic carbocycles. The lowest BCUT2D eigenvalue weighted by molar-refractivity contribution is -0.117. The van der Waals surface area contributed by atoms with Crippen molar-refractivity contribution in [2.24, 2.45) is 0 Å². The monoisotopic (exact) mass is 549 g/mol. The minimum absolute atomic E-state index is 0.128. The smallest absolute Gasteiger partial charge is 0.269 e. The Bertz CT molecular complexity index is 1370. The number of aryl methyl sites for hydroxylation is 1. The number of anilines is 2. The van der Waals surface area contributed by atoms with E-state index in [1.54, 1.807) is 36.4 Å². The van der Waals surface area contributed by atoms with E-state index >= 15 is 0 Å². The molecule has 3 aromatic rings. The summed E-state index contributed by atoms with van der Waals surface area (Å²) in [6, 6.07) is 23.9. The van der Waals surface area contributed by atoms with E-state index in [0.717, 1.165) is 24.8 Å². The molecule has 0 saturated carbocycles. The highest BCUT2D eigenvalue weighted by molar-refractivity contribution is 8.05. The van der Waals surface area contributed by atoms with E-state index in [9.17, 15) is 14.9 Å². The van der Waals surface area contributed by atoms with Crippen LogP contribution < -0.4 is 10.2 Å². The lowest BCUT2D eigenvalue weighted by atomic mass is 10.1. The van der Waals surface area contributed by atoms with Gasteiger partial charge in [0.2, 0.25) is 5.91 Å². The van der Waals surface area contributed by atoms with Crippen molar-refractivity contribution in [1.82, 2.24) is 0 Å². The maximum atomic E-state index is 13.6. The van der Waals surface area contributed by atoms with Gasteiger partial charge in [0.25, 0.3) is 5.91 Å². The Hall–Kier alpha value is -3.24. The summed E-state index contributed by atoms with van der Waals surface area (Å²) in [5.74, 6) is -0.801. The van der Waals surface area contributed by atoms with Crippen molar-refractivity contribution in [3.05, 3.63) is 105 Å². The summed E-state index contributed by atoms with van der Waals surface area (Å²) in [5, 5.41) is 13.3. The second kappa shape index (κ2) is 12.3. The van der Waals surface area contributed by atoms with Gasteiger partial charge < -0.3 is 5.32 Å². The zero-order valence-corrected chi connectivity index (χ0v) is 22.5. The van der Waals surface area contributed by atoms with Gasteiger partial charge >= 0.3 is 0 Å². The lowest BCUT2D eigenvalue weighted by Gasteiger charge is -2.18. The Morgan fingerprint density at radius 3 is 2.46 bits per heavy atom. The molecule has 4 rings (SSSR count). The first kappa shape index (κ1) is 26.8. The third kappa shape index (κ3) is 6.19.